The molecule has 3 heterocycles. The van der Waals surface area contributed by atoms with E-state index in [0.29, 0.717) is 21.4 Å². The predicted octanol–water partition coefficient (Wildman–Crippen LogP) is 12.8. The number of allylic oxidation sites excluding steroid dienone is 2. The van der Waals surface area contributed by atoms with Gasteiger partial charge in [-0.15, -0.1) is 46.2 Å². The Morgan fingerprint density at radius 1 is 0.920 bits per heavy atom. The summed E-state index contributed by atoms with van der Waals surface area (Å²) < 4.78 is 50.3. The van der Waals surface area contributed by atoms with Gasteiger partial charge in [-0.1, -0.05) is 65.8 Å². The number of para-hydroxylation sites is 1. The van der Waals surface area contributed by atoms with E-state index in [9.17, 15) is 23.1 Å². The Hall–Kier alpha value is -3.78. The number of benzene rings is 3. The summed E-state index contributed by atoms with van der Waals surface area (Å²) in [4.78, 5) is 16.3. The summed E-state index contributed by atoms with van der Waals surface area (Å²) in [5.41, 5.74) is 3.34. The molecule has 0 bridgehead atoms. The zero-order valence-electron chi connectivity index (χ0n) is 29.0. The number of ketones is 1. The second-order valence-corrected chi connectivity index (χ2v) is 13.4. The van der Waals surface area contributed by atoms with E-state index in [1.165, 1.54) is 12.1 Å². The van der Waals surface area contributed by atoms with Crippen LogP contribution in [-0.4, -0.2) is 15.9 Å². The standard InChI is InChI=1S/C28H17F3NOS.C13H24O2.Ir/c1-15-11-16(2)13-18(12-15)25-27-20(9-10-32-25)19-7-8-21(24(26(19)34-27)28(29,30)31)23-14-17-5-3-4-6-22(17)33-23;1-5-10(6-2)12(14)9-13(15)11(7-3)8-4;/h3-12,14H,1-2H3;9-11,14H,5-8H2,1-4H3;/q-1;;/b;12-9-;. The first kappa shape index (κ1) is 39.0. The maximum atomic E-state index is 14.5. The Labute approximate surface area is 308 Å². The summed E-state index contributed by atoms with van der Waals surface area (Å²) in [6.07, 6.45) is 1.99. The minimum atomic E-state index is -4.56. The van der Waals surface area contributed by atoms with Crippen LogP contribution in [-0.2, 0) is 31.1 Å². The number of carbonyl (C=O) groups excluding carboxylic acids is 1. The van der Waals surface area contributed by atoms with Crippen molar-refractivity contribution in [3.05, 3.63) is 101 Å². The van der Waals surface area contributed by atoms with Crippen molar-refractivity contribution in [1.82, 2.24) is 4.98 Å². The molecule has 0 unspecified atom stereocenters. The number of furan rings is 1. The van der Waals surface area contributed by atoms with Gasteiger partial charge in [0.15, 0.2) is 5.78 Å². The fraction of sp³-hybridized carbons (Fsp3) is 0.317. The summed E-state index contributed by atoms with van der Waals surface area (Å²) in [5.74, 6) is 0.750. The van der Waals surface area contributed by atoms with Crippen LogP contribution in [0.1, 0.15) is 70.1 Å². The first-order valence-electron chi connectivity index (χ1n) is 16.8. The number of hydrogen-bond acceptors (Lipinski definition) is 5. The number of carbonyl (C=O) groups is 1. The van der Waals surface area contributed by atoms with E-state index >= 15 is 0 Å². The molecule has 0 amide bonds. The molecule has 1 radical (unpaired) electrons. The third-order valence-corrected chi connectivity index (χ3v) is 10.3. The number of aliphatic hydroxyl groups excluding tert-OH is 1. The fourth-order valence-corrected chi connectivity index (χ4v) is 7.73. The predicted molar refractivity (Wildman–Crippen MR) is 195 cm³/mol. The van der Waals surface area contributed by atoms with Gasteiger partial charge in [0.05, 0.1) is 11.3 Å². The molecule has 265 valence electrons. The zero-order valence-corrected chi connectivity index (χ0v) is 32.2. The summed E-state index contributed by atoms with van der Waals surface area (Å²) in [7, 11) is 0. The summed E-state index contributed by atoms with van der Waals surface area (Å²) in [5, 5.41) is 11.8. The number of thiophene rings is 1. The van der Waals surface area contributed by atoms with Gasteiger partial charge in [0.25, 0.3) is 0 Å². The van der Waals surface area contributed by atoms with Crippen LogP contribution in [0.5, 0.6) is 0 Å². The molecule has 50 heavy (non-hydrogen) atoms. The normalized spacial score (nSPS) is 12.1. The molecule has 0 saturated carbocycles. The Balaban J connectivity index is 0.000000301. The number of rotatable bonds is 9. The van der Waals surface area contributed by atoms with Gasteiger partial charge >= 0.3 is 6.18 Å². The van der Waals surface area contributed by atoms with Gasteiger partial charge in [0.1, 0.15) is 11.3 Å². The van der Waals surface area contributed by atoms with Gasteiger partial charge in [0.2, 0.25) is 0 Å². The summed E-state index contributed by atoms with van der Waals surface area (Å²) in [6, 6.07) is 21.2. The molecule has 3 aromatic heterocycles. The van der Waals surface area contributed by atoms with Crippen molar-refractivity contribution in [2.75, 3.05) is 0 Å². The average molecular weight is 877 g/mol. The maximum absolute atomic E-state index is 14.5. The topological polar surface area (TPSA) is 63.3 Å². The largest absolute Gasteiger partial charge is 0.512 e. The van der Waals surface area contributed by atoms with Gasteiger partial charge in [-0.25, -0.2) is 0 Å². The van der Waals surface area contributed by atoms with Crippen molar-refractivity contribution < 1.29 is 47.6 Å². The van der Waals surface area contributed by atoms with Crippen molar-refractivity contribution in [1.29, 1.82) is 0 Å². The van der Waals surface area contributed by atoms with Crippen LogP contribution >= 0.6 is 11.3 Å². The maximum Gasteiger partial charge on any atom is 0.418 e. The number of alkyl halides is 3. The van der Waals surface area contributed by atoms with Crippen LogP contribution < -0.4 is 0 Å². The van der Waals surface area contributed by atoms with Crippen molar-refractivity contribution in [2.45, 2.75) is 73.4 Å². The quantitative estimate of drug-likeness (QED) is 0.0893. The smallest absolute Gasteiger partial charge is 0.418 e. The summed E-state index contributed by atoms with van der Waals surface area (Å²) in [6.45, 7) is 12.0. The molecular formula is C41H41F3IrNO3S-. The Morgan fingerprint density at radius 2 is 1.58 bits per heavy atom. The SMILES string of the molecule is CCC(CC)C(=O)/C=C(\O)C(CC)CC.Cc1[c-]c(-c2nccc3c2sc2c(C(F)(F)F)c(-c4cc5ccccc5o4)ccc23)cc(C)c1.[Ir]. The minimum absolute atomic E-state index is 0. The molecule has 0 saturated heterocycles. The average Bonchev–Trinajstić information content (AvgIpc) is 3.66. The second-order valence-electron chi connectivity index (χ2n) is 12.4. The number of halogens is 3. The van der Waals surface area contributed by atoms with Crippen LogP contribution in [0, 0.1) is 31.7 Å². The molecule has 4 nitrogen and oxygen atoms in total. The third-order valence-electron chi connectivity index (χ3n) is 9.02. The molecule has 3 aromatic carbocycles. The third kappa shape index (κ3) is 8.22. The van der Waals surface area contributed by atoms with Gasteiger partial charge in [-0.2, -0.15) is 13.2 Å². The number of aromatic nitrogens is 1. The van der Waals surface area contributed by atoms with Crippen LogP contribution in [0.15, 0.2) is 83.1 Å². The minimum Gasteiger partial charge on any atom is -0.512 e. The number of nitrogens with zero attached hydrogens (tertiary/aromatic N) is 1. The molecule has 0 atom stereocenters. The van der Waals surface area contributed by atoms with Gasteiger partial charge in [-0.05, 0) is 55.3 Å². The Bertz CT molecular complexity index is 2090. The number of aliphatic hydroxyl groups is 1. The van der Waals surface area contributed by atoms with E-state index in [1.807, 2.05) is 65.8 Å². The van der Waals surface area contributed by atoms with Crippen LogP contribution in [0.2, 0.25) is 0 Å². The van der Waals surface area contributed by atoms with E-state index in [0.717, 1.165) is 64.5 Å². The fourth-order valence-electron chi connectivity index (χ4n) is 6.36. The Morgan fingerprint density at radius 3 is 2.20 bits per heavy atom. The van der Waals surface area contributed by atoms with Crippen molar-refractivity contribution in [3.8, 4) is 22.6 Å². The first-order valence-corrected chi connectivity index (χ1v) is 17.6. The van der Waals surface area contributed by atoms with E-state index < -0.39 is 11.7 Å². The molecule has 0 spiro atoms. The molecule has 1 N–H and O–H groups in total. The molecule has 6 aromatic rings. The van der Waals surface area contributed by atoms with Crippen molar-refractivity contribution in [2.24, 2.45) is 11.8 Å². The van der Waals surface area contributed by atoms with E-state index in [2.05, 4.69) is 11.1 Å². The molecule has 0 aliphatic rings. The number of aryl methyl sites for hydroxylation is 2. The van der Waals surface area contributed by atoms with Crippen LogP contribution in [0.25, 0.3) is 53.7 Å². The van der Waals surface area contributed by atoms with E-state index in [4.69, 9.17) is 4.42 Å². The second kappa shape index (κ2) is 16.5. The van der Waals surface area contributed by atoms with E-state index in [-0.39, 0.29) is 59.5 Å². The molecule has 6 rings (SSSR count). The summed E-state index contributed by atoms with van der Waals surface area (Å²) >= 11 is 1.12. The first-order chi connectivity index (χ1) is 23.4. The van der Waals surface area contributed by atoms with Crippen molar-refractivity contribution >= 4 is 48.3 Å². The molecule has 0 aliphatic carbocycles. The monoisotopic (exact) mass is 877 g/mol. The van der Waals surface area contributed by atoms with Gasteiger partial charge < -0.3 is 14.5 Å². The zero-order chi connectivity index (χ0) is 35.5. The molecular weight excluding hydrogens is 836 g/mol. The number of hydrogen-bond donors (Lipinski definition) is 1. The number of pyridine rings is 1. The number of fused-ring (bicyclic) bond motifs is 4. The molecule has 0 aliphatic heterocycles. The van der Waals surface area contributed by atoms with Gasteiger partial charge in [0, 0.05) is 75.6 Å². The van der Waals surface area contributed by atoms with Crippen LogP contribution in [0.3, 0.4) is 0 Å². The van der Waals surface area contributed by atoms with E-state index in [1.54, 1.807) is 36.5 Å². The molecule has 9 heteroatoms. The van der Waals surface area contributed by atoms with Crippen molar-refractivity contribution in [3.63, 3.8) is 0 Å². The van der Waals surface area contributed by atoms with Crippen LogP contribution in [0.4, 0.5) is 13.2 Å². The Kier molecular flexibility index (Phi) is 12.9. The van der Waals surface area contributed by atoms with Gasteiger partial charge in [-0.3, -0.25) is 4.79 Å². The molecule has 0 fully saturated rings.